The van der Waals surface area contributed by atoms with Crippen LogP contribution in [0.5, 0.6) is 5.88 Å². The highest BCUT2D eigenvalue weighted by Crippen LogP contribution is 2.27. The largest absolute Gasteiger partial charge is 0.466 e. The van der Waals surface area contributed by atoms with Gasteiger partial charge in [0.15, 0.2) is 12.3 Å². The standard InChI is InChI=1S/C19H21ClN4O2/c1-11-8-12(2)21-18-17(11)19(23-24(18)4)26-10-16(25)22-13(3)14-6-5-7-15(20)9-14/h5-9,13H,10H2,1-4H3,(H,22,25)/t13-/m1/s1. The third kappa shape index (κ3) is 3.80. The number of halogens is 1. The van der Waals surface area contributed by atoms with Gasteiger partial charge in [0.25, 0.3) is 5.91 Å². The van der Waals surface area contributed by atoms with Gasteiger partial charge in [-0.1, -0.05) is 23.7 Å². The minimum absolute atomic E-state index is 0.121. The highest BCUT2D eigenvalue weighted by atomic mass is 35.5. The van der Waals surface area contributed by atoms with Gasteiger partial charge in [0, 0.05) is 17.8 Å². The van der Waals surface area contributed by atoms with Gasteiger partial charge in [0.1, 0.15) is 0 Å². The number of aryl methyl sites for hydroxylation is 3. The van der Waals surface area contributed by atoms with E-state index >= 15 is 0 Å². The topological polar surface area (TPSA) is 69.0 Å². The Balaban J connectivity index is 1.69. The number of hydrogen-bond acceptors (Lipinski definition) is 4. The molecule has 1 N–H and O–H groups in total. The normalized spacial score (nSPS) is 12.2. The average Bonchev–Trinajstić information content (AvgIpc) is 2.89. The molecule has 3 aromatic rings. The van der Waals surface area contributed by atoms with E-state index in [1.165, 1.54) is 0 Å². The van der Waals surface area contributed by atoms with Gasteiger partial charge in [-0.3, -0.25) is 4.79 Å². The van der Waals surface area contributed by atoms with Crippen LogP contribution >= 0.6 is 11.6 Å². The van der Waals surface area contributed by atoms with E-state index in [2.05, 4.69) is 15.4 Å². The lowest BCUT2D eigenvalue weighted by atomic mass is 10.1. The maximum absolute atomic E-state index is 12.2. The van der Waals surface area contributed by atoms with E-state index in [0.717, 1.165) is 27.9 Å². The van der Waals surface area contributed by atoms with Gasteiger partial charge in [-0.05, 0) is 50.1 Å². The summed E-state index contributed by atoms with van der Waals surface area (Å²) >= 11 is 6.00. The van der Waals surface area contributed by atoms with E-state index in [1.807, 2.05) is 52.1 Å². The quantitative estimate of drug-likeness (QED) is 0.744. The van der Waals surface area contributed by atoms with Crippen LogP contribution < -0.4 is 10.1 Å². The summed E-state index contributed by atoms with van der Waals surface area (Å²) in [5.41, 5.74) is 3.61. The average molecular weight is 373 g/mol. The summed E-state index contributed by atoms with van der Waals surface area (Å²) < 4.78 is 7.34. The minimum Gasteiger partial charge on any atom is -0.466 e. The van der Waals surface area contributed by atoms with Crippen molar-refractivity contribution in [2.24, 2.45) is 7.05 Å². The zero-order chi connectivity index (χ0) is 18.8. The summed E-state index contributed by atoms with van der Waals surface area (Å²) in [5, 5.41) is 8.71. The predicted molar refractivity (Wildman–Crippen MR) is 101 cm³/mol. The summed E-state index contributed by atoms with van der Waals surface area (Å²) in [5.74, 6) is 0.187. The first-order valence-electron chi connectivity index (χ1n) is 8.33. The van der Waals surface area contributed by atoms with E-state index in [1.54, 1.807) is 10.7 Å². The lowest BCUT2D eigenvalue weighted by Crippen LogP contribution is -2.31. The zero-order valence-electron chi connectivity index (χ0n) is 15.2. The molecule has 0 aliphatic carbocycles. The highest BCUT2D eigenvalue weighted by molar-refractivity contribution is 6.30. The molecule has 2 heterocycles. The molecule has 0 fully saturated rings. The summed E-state index contributed by atoms with van der Waals surface area (Å²) in [4.78, 5) is 16.7. The minimum atomic E-state index is -0.228. The van der Waals surface area contributed by atoms with E-state index < -0.39 is 0 Å². The Kier molecular flexibility index (Phi) is 5.13. The first-order valence-corrected chi connectivity index (χ1v) is 8.71. The van der Waals surface area contributed by atoms with Crippen LogP contribution in [-0.2, 0) is 11.8 Å². The summed E-state index contributed by atoms with van der Waals surface area (Å²) in [6.07, 6.45) is 0. The Labute approximate surface area is 157 Å². The molecule has 0 aliphatic heterocycles. The van der Waals surface area contributed by atoms with Gasteiger partial charge in [-0.2, -0.15) is 0 Å². The number of aromatic nitrogens is 3. The van der Waals surface area contributed by atoms with E-state index in [-0.39, 0.29) is 18.6 Å². The van der Waals surface area contributed by atoms with Crippen molar-refractivity contribution in [1.29, 1.82) is 0 Å². The number of carbonyl (C=O) groups is 1. The number of hydrogen-bond donors (Lipinski definition) is 1. The Morgan fingerprint density at radius 3 is 2.85 bits per heavy atom. The Morgan fingerprint density at radius 1 is 1.35 bits per heavy atom. The smallest absolute Gasteiger partial charge is 0.258 e. The maximum atomic E-state index is 12.2. The van der Waals surface area contributed by atoms with Crippen LogP contribution in [0.2, 0.25) is 5.02 Å². The van der Waals surface area contributed by atoms with Crippen molar-refractivity contribution < 1.29 is 9.53 Å². The monoisotopic (exact) mass is 372 g/mol. The molecule has 0 saturated carbocycles. The van der Waals surface area contributed by atoms with E-state index in [4.69, 9.17) is 16.3 Å². The van der Waals surface area contributed by atoms with Crippen molar-refractivity contribution in [1.82, 2.24) is 20.1 Å². The Morgan fingerprint density at radius 2 is 2.12 bits per heavy atom. The Hall–Kier alpha value is -2.60. The van der Waals surface area contributed by atoms with Crippen LogP contribution in [-0.4, -0.2) is 27.3 Å². The second-order valence-corrected chi connectivity index (χ2v) is 6.78. The lowest BCUT2D eigenvalue weighted by Gasteiger charge is -2.14. The number of benzene rings is 1. The molecule has 0 saturated heterocycles. The number of fused-ring (bicyclic) bond motifs is 1. The molecule has 26 heavy (non-hydrogen) atoms. The first kappa shape index (κ1) is 18.2. The van der Waals surface area contributed by atoms with Crippen LogP contribution in [0.15, 0.2) is 30.3 Å². The molecular weight excluding hydrogens is 352 g/mol. The molecule has 0 spiro atoms. The number of ether oxygens (including phenoxy) is 1. The lowest BCUT2D eigenvalue weighted by molar-refractivity contribution is -0.123. The van der Waals surface area contributed by atoms with Gasteiger partial charge in [0.2, 0.25) is 5.88 Å². The Bertz CT molecular complexity index is 968. The van der Waals surface area contributed by atoms with E-state index in [9.17, 15) is 4.79 Å². The number of amides is 1. The molecule has 7 heteroatoms. The first-order chi connectivity index (χ1) is 12.3. The maximum Gasteiger partial charge on any atom is 0.258 e. The SMILES string of the molecule is Cc1cc(C)c2c(OCC(=O)N[C@H](C)c3cccc(Cl)c3)nn(C)c2n1. The zero-order valence-corrected chi connectivity index (χ0v) is 16.0. The van der Waals surface area contributed by atoms with Crippen molar-refractivity contribution in [3.63, 3.8) is 0 Å². The summed E-state index contributed by atoms with van der Waals surface area (Å²) in [7, 11) is 1.81. The number of nitrogens with zero attached hydrogens (tertiary/aromatic N) is 3. The predicted octanol–water partition coefficient (Wildman–Crippen LogP) is 3.49. The van der Waals surface area contributed by atoms with Crippen molar-refractivity contribution in [3.05, 3.63) is 52.2 Å². The van der Waals surface area contributed by atoms with Crippen molar-refractivity contribution in [2.75, 3.05) is 6.61 Å². The molecule has 6 nitrogen and oxygen atoms in total. The third-order valence-electron chi connectivity index (χ3n) is 4.15. The number of nitrogens with one attached hydrogen (secondary N) is 1. The van der Waals surface area contributed by atoms with Crippen LogP contribution in [0.3, 0.4) is 0 Å². The molecule has 3 rings (SSSR count). The molecule has 0 aliphatic rings. The van der Waals surface area contributed by atoms with Crippen molar-refractivity contribution >= 4 is 28.5 Å². The van der Waals surface area contributed by atoms with Gasteiger partial charge >= 0.3 is 0 Å². The summed E-state index contributed by atoms with van der Waals surface area (Å²) in [6, 6.07) is 9.20. The fourth-order valence-electron chi connectivity index (χ4n) is 2.93. The van der Waals surface area contributed by atoms with Crippen LogP contribution in [0.1, 0.15) is 29.8 Å². The number of pyridine rings is 1. The molecule has 0 unspecified atom stereocenters. The van der Waals surface area contributed by atoms with Gasteiger partial charge < -0.3 is 10.1 Å². The molecule has 1 amide bonds. The van der Waals surface area contributed by atoms with Crippen LogP contribution in [0.4, 0.5) is 0 Å². The molecule has 0 radical (unpaired) electrons. The second-order valence-electron chi connectivity index (χ2n) is 6.34. The number of carbonyl (C=O) groups excluding carboxylic acids is 1. The molecule has 1 aromatic carbocycles. The van der Waals surface area contributed by atoms with Crippen LogP contribution in [0, 0.1) is 13.8 Å². The van der Waals surface area contributed by atoms with E-state index in [0.29, 0.717) is 10.9 Å². The molecular formula is C19H21ClN4O2. The fraction of sp³-hybridized carbons (Fsp3) is 0.316. The molecule has 1 atom stereocenters. The molecule has 136 valence electrons. The van der Waals surface area contributed by atoms with Crippen molar-refractivity contribution in [2.45, 2.75) is 26.8 Å². The third-order valence-corrected chi connectivity index (χ3v) is 4.39. The summed E-state index contributed by atoms with van der Waals surface area (Å²) in [6.45, 7) is 5.69. The second kappa shape index (κ2) is 7.33. The fourth-order valence-corrected chi connectivity index (χ4v) is 3.13. The van der Waals surface area contributed by atoms with Gasteiger partial charge in [-0.15, -0.1) is 5.10 Å². The van der Waals surface area contributed by atoms with Crippen LogP contribution in [0.25, 0.3) is 11.0 Å². The number of rotatable bonds is 5. The van der Waals surface area contributed by atoms with Crippen molar-refractivity contribution in [3.8, 4) is 5.88 Å². The van der Waals surface area contributed by atoms with Gasteiger partial charge in [0.05, 0.1) is 11.4 Å². The van der Waals surface area contributed by atoms with Gasteiger partial charge in [-0.25, -0.2) is 9.67 Å². The molecule has 0 bridgehead atoms. The molecule has 2 aromatic heterocycles. The highest BCUT2D eigenvalue weighted by Gasteiger charge is 2.16.